The van der Waals surface area contributed by atoms with E-state index in [1.807, 2.05) is 0 Å². The van der Waals surface area contributed by atoms with E-state index in [-0.39, 0.29) is 11.4 Å². The second-order valence-corrected chi connectivity index (χ2v) is 3.86. The molecule has 2 aromatic rings. The van der Waals surface area contributed by atoms with Gasteiger partial charge in [0.15, 0.2) is 0 Å². The number of benzene rings is 2. The third kappa shape index (κ3) is 2.65. The van der Waals surface area contributed by atoms with E-state index in [9.17, 15) is 9.18 Å². The molecule has 0 atom stereocenters. The highest BCUT2D eigenvalue weighted by Gasteiger charge is 2.15. The molecule has 0 saturated carbocycles. The van der Waals surface area contributed by atoms with Crippen LogP contribution in [-0.2, 0) is 0 Å². The summed E-state index contributed by atoms with van der Waals surface area (Å²) in [5.41, 5.74) is 6.09. The van der Waals surface area contributed by atoms with Crippen LogP contribution in [0.2, 0.25) is 0 Å². The van der Waals surface area contributed by atoms with Gasteiger partial charge in [-0.15, -0.1) is 0 Å². The molecular formula is C14H13FN2O2. The number of nitrogens with two attached hydrogens (primary N) is 1. The van der Waals surface area contributed by atoms with Gasteiger partial charge in [-0.05, 0) is 24.3 Å². The highest BCUT2D eigenvalue weighted by Crippen LogP contribution is 2.24. The Kier molecular flexibility index (Phi) is 3.66. The van der Waals surface area contributed by atoms with Crippen LogP contribution in [0.4, 0.5) is 15.8 Å². The van der Waals surface area contributed by atoms with Gasteiger partial charge in [-0.3, -0.25) is 4.79 Å². The number of hydrogen-bond acceptors (Lipinski definition) is 3. The first-order valence-electron chi connectivity index (χ1n) is 5.62. The van der Waals surface area contributed by atoms with Gasteiger partial charge in [0.25, 0.3) is 5.91 Å². The lowest BCUT2D eigenvalue weighted by atomic mass is 10.1. The number of para-hydroxylation sites is 2. The average molecular weight is 260 g/mol. The minimum atomic E-state index is -0.580. The molecule has 0 aliphatic rings. The lowest BCUT2D eigenvalue weighted by Crippen LogP contribution is -2.15. The van der Waals surface area contributed by atoms with Gasteiger partial charge in [0.05, 0.1) is 18.4 Å². The lowest BCUT2D eigenvalue weighted by molar-refractivity contribution is 0.102. The molecule has 2 rings (SSSR count). The van der Waals surface area contributed by atoms with Gasteiger partial charge >= 0.3 is 0 Å². The van der Waals surface area contributed by atoms with Crippen LogP contribution in [0.5, 0.6) is 5.75 Å². The van der Waals surface area contributed by atoms with Crippen LogP contribution >= 0.6 is 0 Å². The Balaban J connectivity index is 2.31. The third-order valence-corrected chi connectivity index (χ3v) is 2.64. The van der Waals surface area contributed by atoms with Gasteiger partial charge in [-0.2, -0.15) is 0 Å². The number of rotatable bonds is 3. The molecule has 0 bridgehead atoms. The van der Waals surface area contributed by atoms with Crippen molar-refractivity contribution < 1.29 is 13.9 Å². The number of nitrogens with one attached hydrogen (secondary N) is 1. The van der Waals surface area contributed by atoms with Crippen molar-refractivity contribution in [2.75, 3.05) is 18.2 Å². The number of halogens is 1. The van der Waals surface area contributed by atoms with Crippen LogP contribution in [0.1, 0.15) is 10.4 Å². The summed E-state index contributed by atoms with van der Waals surface area (Å²) in [5, 5.41) is 2.45. The van der Waals surface area contributed by atoms with E-state index < -0.39 is 11.7 Å². The molecule has 0 aromatic heterocycles. The Bertz CT molecular complexity index is 594. The van der Waals surface area contributed by atoms with E-state index in [0.717, 1.165) is 0 Å². The molecule has 1 amide bonds. The van der Waals surface area contributed by atoms with Gasteiger partial charge in [-0.25, -0.2) is 4.39 Å². The van der Waals surface area contributed by atoms with Crippen molar-refractivity contribution in [2.45, 2.75) is 0 Å². The first-order chi connectivity index (χ1) is 9.13. The Labute approximate surface area is 110 Å². The molecule has 19 heavy (non-hydrogen) atoms. The van der Waals surface area contributed by atoms with Crippen LogP contribution in [0, 0.1) is 5.82 Å². The summed E-state index contributed by atoms with van der Waals surface area (Å²) in [6.07, 6.45) is 0. The highest BCUT2D eigenvalue weighted by molar-refractivity contribution is 6.07. The van der Waals surface area contributed by atoms with Crippen LogP contribution in [0.25, 0.3) is 0 Å². The Morgan fingerprint density at radius 1 is 1.21 bits per heavy atom. The summed E-state index contributed by atoms with van der Waals surface area (Å²) in [5.74, 6) is -0.646. The molecule has 0 unspecified atom stereocenters. The quantitative estimate of drug-likeness (QED) is 0.834. The molecule has 0 radical (unpaired) electrons. The Hall–Kier alpha value is -2.56. The van der Waals surface area contributed by atoms with Crippen LogP contribution in [-0.4, -0.2) is 13.0 Å². The maximum Gasteiger partial charge on any atom is 0.259 e. The second kappa shape index (κ2) is 5.39. The summed E-state index contributed by atoms with van der Waals surface area (Å²) in [4.78, 5) is 12.1. The van der Waals surface area contributed by atoms with Crippen LogP contribution < -0.4 is 15.8 Å². The summed E-state index contributed by atoms with van der Waals surface area (Å²) in [7, 11) is 1.46. The van der Waals surface area contributed by atoms with Crippen molar-refractivity contribution in [3.63, 3.8) is 0 Å². The second-order valence-electron chi connectivity index (χ2n) is 3.86. The number of hydrogen-bond donors (Lipinski definition) is 2. The zero-order valence-corrected chi connectivity index (χ0v) is 10.3. The number of amides is 1. The third-order valence-electron chi connectivity index (χ3n) is 2.64. The van der Waals surface area contributed by atoms with Crippen molar-refractivity contribution in [2.24, 2.45) is 0 Å². The van der Waals surface area contributed by atoms with E-state index in [2.05, 4.69) is 5.32 Å². The molecule has 0 spiro atoms. The monoisotopic (exact) mass is 260 g/mol. The van der Waals surface area contributed by atoms with Gasteiger partial charge in [0, 0.05) is 0 Å². The molecular weight excluding hydrogens is 247 g/mol. The number of carbonyl (C=O) groups is 1. The van der Waals surface area contributed by atoms with Crippen molar-refractivity contribution in [3.8, 4) is 5.75 Å². The molecule has 0 aliphatic heterocycles. The Morgan fingerprint density at radius 2 is 1.95 bits per heavy atom. The molecule has 0 heterocycles. The summed E-state index contributed by atoms with van der Waals surface area (Å²) < 4.78 is 18.7. The van der Waals surface area contributed by atoms with Crippen LogP contribution in [0.15, 0.2) is 42.5 Å². The number of nitrogen functional groups attached to an aromatic ring is 1. The van der Waals surface area contributed by atoms with Crippen molar-refractivity contribution in [3.05, 3.63) is 53.8 Å². The maximum absolute atomic E-state index is 13.6. The molecule has 4 nitrogen and oxygen atoms in total. The first-order valence-corrected chi connectivity index (χ1v) is 5.62. The SMILES string of the molecule is COc1ccccc1C(=O)Nc1c(N)cccc1F. The van der Waals surface area contributed by atoms with Gasteiger partial charge in [0.2, 0.25) is 0 Å². The van der Waals surface area contributed by atoms with E-state index in [1.165, 1.54) is 25.3 Å². The molecule has 0 aliphatic carbocycles. The van der Waals surface area contributed by atoms with Gasteiger partial charge in [0.1, 0.15) is 17.3 Å². The summed E-state index contributed by atoms with van der Waals surface area (Å²) in [6, 6.07) is 10.9. The summed E-state index contributed by atoms with van der Waals surface area (Å²) in [6.45, 7) is 0. The van der Waals surface area contributed by atoms with Gasteiger partial charge in [-0.1, -0.05) is 18.2 Å². The molecule has 98 valence electrons. The van der Waals surface area contributed by atoms with Crippen molar-refractivity contribution in [1.82, 2.24) is 0 Å². The molecule has 0 saturated heterocycles. The number of methoxy groups -OCH3 is 1. The topological polar surface area (TPSA) is 64.3 Å². The minimum absolute atomic E-state index is 0.0293. The number of ether oxygens (including phenoxy) is 1. The van der Waals surface area contributed by atoms with Crippen molar-refractivity contribution in [1.29, 1.82) is 0 Å². The zero-order chi connectivity index (χ0) is 13.8. The lowest BCUT2D eigenvalue weighted by Gasteiger charge is -2.11. The summed E-state index contributed by atoms with van der Waals surface area (Å²) >= 11 is 0. The van der Waals surface area contributed by atoms with E-state index in [0.29, 0.717) is 11.3 Å². The molecule has 2 aromatic carbocycles. The van der Waals surface area contributed by atoms with Gasteiger partial charge < -0.3 is 15.8 Å². The first kappa shape index (κ1) is 12.9. The Morgan fingerprint density at radius 3 is 2.63 bits per heavy atom. The maximum atomic E-state index is 13.6. The molecule has 3 N–H and O–H groups in total. The fourth-order valence-electron chi connectivity index (χ4n) is 1.69. The minimum Gasteiger partial charge on any atom is -0.496 e. The highest BCUT2D eigenvalue weighted by atomic mass is 19.1. The predicted molar refractivity (Wildman–Crippen MR) is 71.8 cm³/mol. The average Bonchev–Trinajstić information content (AvgIpc) is 2.42. The molecule has 5 heteroatoms. The molecule has 0 fully saturated rings. The number of carbonyl (C=O) groups excluding carboxylic acids is 1. The normalized spacial score (nSPS) is 10.0. The van der Waals surface area contributed by atoms with Crippen LogP contribution in [0.3, 0.4) is 0 Å². The predicted octanol–water partition coefficient (Wildman–Crippen LogP) is 2.67. The van der Waals surface area contributed by atoms with E-state index in [1.54, 1.807) is 24.3 Å². The number of anilines is 2. The standard InChI is InChI=1S/C14H13FN2O2/c1-19-12-8-3-2-5-9(12)14(18)17-13-10(15)6-4-7-11(13)16/h2-8H,16H2,1H3,(H,17,18). The smallest absolute Gasteiger partial charge is 0.259 e. The fraction of sp³-hybridized carbons (Fsp3) is 0.0714. The largest absolute Gasteiger partial charge is 0.496 e. The fourth-order valence-corrected chi connectivity index (χ4v) is 1.69. The van der Waals surface area contributed by atoms with E-state index in [4.69, 9.17) is 10.5 Å². The zero-order valence-electron chi connectivity index (χ0n) is 10.3. The van der Waals surface area contributed by atoms with E-state index >= 15 is 0 Å². The van der Waals surface area contributed by atoms with Crippen molar-refractivity contribution >= 4 is 17.3 Å².